The molecule has 0 aliphatic heterocycles. The van der Waals surface area contributed by atoms with Crippen molar-refractivity contribution in [3.05, 3.63) is 42.0 Å². The van der Waals surface area contributed by atoms with Gasteiger partial charge in [0.15, 0.2) is 5.16 Å². The van der Waals surface area contributed by atoms with E-state index < -0.39 is 0 Å². The summed E-state index contributed by atoms with van der Waals surface area (Å²) in [6.07, 6.45) is 1.45. The second kappa shape index (κ2) is 5.09. The van der Waals surface area contributed by atoms with Gasteiger partial charge in [0.25, 0.3) is 0 Å². The van der Waals surface area contributed by atoms with Gasteiger partial charge in [-0.25, -0.2) is 9.37 Å². The molecule has 84 valence electrons. The number of rotatable bonds is 4. The third-order valence-corrected chi connectivity index (χ3v) is 3.27. The molecule has 1 atom stereocenters. The number of aromatic amines is 1. The normalized spacial score (nSPS) is 12.6. The summed E-state index contributed by atoms with van der Waals surface area (Å²) in [5.74, 6) is -0.246. The van der Waals surface area contributed by atoms with Gasteiger partial charge in [0.05, 0.1) is 0 Å². The van der Waals surface area contributed by atoms with Crippen LogP contribution in [0.25, 0.3) is 0 Å². The molecule has 16 heavy (non-hydrogen) atoms. The molecule has 6 heteroatoms. The molecule has 1 aromatic carbocycles. The average Bonchev–Trinajstić information content (AvgIpc) is 2.80. The number of hydrogen-bond acceptors (Lipinski definition) is 4. The summed E-state index contributed by atoms with van der Waals surface area (Å²) in [6.45, 7) is 0.455. The first kappa shape index (κ1) is 11.1. The van der Waals surface area contributed by atoms with Crippen molar-refractivity contribution < 1.29 is 4.39 Å². The van der Waals surface area contributed by atoms with E-state index >= 15 is 0 Å². The number of hydrogen-bond donors (Lipinski definition) is 2. The smallest absolute Gasteiger partial charge is 0.184 e. The van der Waals surface area contributed by atoms with Crippen molar-refractivity contribution in [2.45, 2.75) is 10.4 Å². The number of thioether (sulfide) groups is 1. The maximum absolute atomic E-state index is 12.8. The van der Waals surface area contributed by atoms with Gasteiger partial charge >= 0.3 is 0 Å². The third kappa shape index (κ3) is 2.59. The summed E-state index contributed by atoms with van der Waals surface area (Å²) in [5, 5.41) is 7.27. The van der Waals surface area contributed by atoms with Crippen LogP contribution in [0, 0.1) is 5.82 Å². The predicted octanol–water partition coefficient (Wildman–Crippen LogP) is 1.74. The molecule has 2 aromatic rings. The number of nitrogens with one attached hydrogen (secondary N) is 1. The molecule has 0 radical (unpaired) electrons. The van der Waals surface area contributed by atoms with Gasteiger partial charge in [-0.15, -0.1) is 0 Å². The molecule has 0 amide bonds. The van der Waals surface area contributed by atoms with Crippen LogP contribution in [0.4, 0.5) is 4.39 Å². The lowest BCUT2D eigenvalue weighted by molar-refractivity contribution is 0.627. The molecule has 0 spiro atoms. The molecule has 1 unspecified atom stereocenters. The lowest BCUT2D eigenvalue weighted by Gasteiger charge is -2.12. The summed E-state index contributed by atoms with van der Waals surface area (Å²) >= 11 is 1.48. The standard InChI is InChI=1S/C10H11FN4S/c11-8-3-1-7(2-4-8)9(5-12)16-10-13-6-14-15-10/h1-4,6,9H,5,12H2,(H,13,14,15). The summed E-state index contributed by atoms with van der Waals surface area (Å²) < 4.78 is 12.8. The lowest BCUT2D eigenvalue weighted by atomic mass is 10.1. The van der Waals surface area contributed by atoms with E-state index in [0.717, 1.165) is 5.56 Å². The van der Waals surface area contributed by atoms with Crippen LogP contribution in [0.15, 0.2) is 35.7 Å². The molecule has 0 fully saturated rings. The molecular weight excluding hydrogens is 227 g/mol. The van der Waals surface area contributed by atoms with Crippen LogP contribution in [0.1, 0.15) is 10.8 Å². The Morgan fingerprint density at radius 2 is 2.12 bits per heavy atom. The second-order valence-corrected chi connectivity index (χ2v) is 4.38. The Morgan fingerprint density at radius 3 is 2.69 bits per heavy atom. The predicted molar refractivity (Wildman–Crippen MR) is 60.4 cm³/mol. The van der Waals surface area contributed by atoms with Crippen LogP contribution in [0.3, 0.4) is 0 Å². The van der Waals surface area contributed by atoms with E-state index in [9.17, 15) is 4.39 Å². The summed E-state index contributed by atoms with van der Waals surface area (Å²) in [5.41, 5.74) is 6.66. The molecule has 4 nitrogen and oxygen atoms in total. The highest BCUT2D eigenvalue weighted by atomic mass is 32.2. The minimum absolute atomic E-state index is 0.0496. The number of H-pyrrole nitrogens is 1. The molecule has 1 heterocycles. The second-order valence-electron chi connectivity index (χ2n) is 3.18. The number of benzene rings is 1. The fraction of sp³-hybridized carbons (Fsp3) is 0.200. The van der Waals surface area contributed by atoms with Gasteiger partial charge in [0.2, 0.25) is 0 Å². The summed E-state index contributed by atoms with van der Waals surface area (Å²) in [6, 6.07) is 6.32. The Bertz CT molecular complexity index is 429. The average molecular weight is 238 g/mol. The highest BCUT2D eigenvalue weighted by Crippen LogP contribution is 2.31. The van der Waals surface area contributed by atoms with Crippen LogP contribution < -0.4 is 5.73 Å². The monoisotopic (exact) mass is 238 g/mol. The van der Waals surface area contributed by atoms with Gasteiger partial charge in [0, 0.05) is 11.8 Å². The third-order valence-electron chi connectivity index (χ3n) is 2.10. The molecule has 2 rings (SSSR count). The van der Waals surface area contributed by atoms with Crippen molar-refractivity contribution in [3.8, 4) is 0 Å². The fourth-order valence-electron chi connectivity index (χ4n) is 1.32. The Hall–Kier alpha value is -1.40. The largest absolute Gasteiger partial charge is 0.329 e. The first-order chi connectivity index (χ1) is 7.79. The maximum atomic E-state index is 12.8. The van der Waals surface area contributed by atoms with E-state index in [-0.39, 0.29) is 11.1 Å². The van der Waals surface area contributed by atoms with Crippen LogP contribution >= 0.6 is 11.8 Å². The SMILES string of the molecule is NCC(Sc1ncn[nH]1)c1ccc(F)cc1. The topological polar surface area (TPSA) is 67.6 Å². The first-order valence-electron chi connectivity index (χ1n) is 4.77. The van der Waals surface area contributed by atoms with Crippen molar-refractivity contribution in [3.63, 3.8) is 0 Å². The van der Waals surface area contributed by atoms with E-state index in [4.69, 9.17) is 5.73 Å². The molecular formula is C10H11FN4S. The van der Waals surface area contributed by atoms with E-state index in [1.807, 2.05) is 0 Å². The molecule has 0 aliphatic rings. The zero-order chi connectivity index (χ0) is 11.4. The number of nitrogens with zero attached hydrogens (tertiary/aromatic N) is 2. The van der Waals surface area contributed by atoms with Gasteiger partial charge < -0.3 is 5.73 Å². The zero-order valence-corrected chi connectivity index (χ0v) is 9.25. The van der Waals surface area contributed by atoms with Gasteiger partial charge in [-0.05, 0) is 17.7 Å². The Labute approximate surface area is 96.5 Å². The van der Waals surface area contributed by atoms with Crippen molar-refractivity contribution >= 4 is 11.8 Å². The van der Waals surface area contributed by atoms with E-state index in [1.165, 1.54) is 30.2 Å². The fourth-order valence-corrected chi connectivity index (χ4v) is 2.19. The zero-order valence-electron chi connectivity index (χ0n) is 8.43. The Balaban J connectivity index is 2.13. The number of halogens is 1. The van der Waals surface area contributed by atoms with Gasteiger partial charge in [-0.3, -0.25) is 5.10 Å². The van der Waals surface area contributed by atoms with Crippen LogP contribution in [-0.2, 0) is 0 Å². The number of nitrogens with two attached hydrogens (primary N) is 1. The van der Waals surface area contributed by atoms with Gasteiger partial charge in [0.1, 0.15) is 12.1 Å². The molecule has 0 bridgehead atoms. The molecule has 0 saturated heterocycles. The van der Waals surface area contributed by atoms with Crippen molar-refractivity contribution in [1.82, 2.24) is 15.2 Å². The highest BCUT2D eigenvalue weighted by molar-refractivity contribution is 7.99. The minimum atomic E-state index is -0.246. The quantitative estimate of drug-likeness (QED) is 0.796. The van der Waals surface area contributed by atoms with Gasteiger partial charge in [-0.2, -0.15) is 5.10 Å². The van der Waals surface area contributed by atoms with Crippen LogP contribution in [0.2, 0.25) is 0 Å². The van der Waals surface area contributed by atoms with E-state index in [2.05, 4.69) is 15.2 Å². The van der Waals surface area contributed by atoms with Crippen molar-refractivity contribution in [2.24, 2.45) is 5.73 Å². The number of aromatic nitrogens is 3. The van der Waals surface area contributed by atoms with E-state index in [0.29, 0.717) is 11.7 Å². The highest BCUT2D eigenvalue weighted by Gasteiger charge is 2.12. The minimum Gasteiger partial charge on any atom is -0.329 e. The maximum Gasteiger partial charge on any atom is 0.184 e. The Kier molecular flexibility index (Phi) is 3.53. The van der Waals surface area contributed by atoms with Crippen LogP contribution in [-0.4, -0.2) is 21.7 Å². The van der Waals surface area contributed by atoms with Crippen LogP contribution in [0.5, 0.6) is 0 Å². The Morgan fingerprint density at radius 1 is 1.38 bits per heavy atom. The van der Waals surface area contributed by atoms with Crippen molar-refractivity contribution in [1.29, 1.82) is 0 Å². The first-order valence-corrected chi connectivity index (χ1v) is 5.65. The van der Waals surface area contributed by atoms with Gasteiger partial charge in [-0.1, -0.05) is 23.9 Å². The molecule has 0 aliphatic carbocycles. The molecule has 0 saturated carbocycles. The molecule has 3 N–H and O–H groups in total. The summed E-state index contributed by atoms with van der Waals surface area (Å²) in [4.78, 5) is 4.01. The van der Waals surface area contributed by atoms with Crippen molar-refractivity contribution in [2.75, 3.05) is 6.54 Å². The summed E-state index contributed by atoms with van der Waals surface area (Å²) in [7, 11) is 0. The molecule has 1 aromatic heterocycles. The van der Waals surface area contributed by atoms with E-state index in [1.54, 1.807) is 12.1 Å². The lowest BCUT2D eigenvalue weighted by Crippen LogP contribution is -2.09.